The van der Waals surface area contributed by atoms with Gasteiger partial charge in [-0.1, -0.05) is 29.8 Å². The van der Waals surface area contributed by atoms with E-state index in [0.717, 1.165) is 22.5 Å². The zero-order chi connectivity index (χ0) is 20.5. The van der Waals surface area contributed by atoms with E-state index in [2.05, 4.69) is 5.32 Å². The van der Waals surface area contributed by atoms with Crippen LogP contribution in [0.4, 0.5) is 5.82 Å². The van der Waals surface area contributed by atoms with Crippen LogP contribution in [0.1, 0.15) is 22.1 Å². The summed E-state index contributed by atoms with van der Waals surface area (Å²) < 4.78 is 12.5. The van der Waals surface area contributed by atoms with Gasteiger partial charge in [-0.05, 0) is 36.8 Å². The molecule has 1 aromatic heterocycles. The molecule has 150 valence electrons. The van der Waals surface area contributed by atoms with Crippen LogP contribution >= 0.6 is 23.4 Å². The van der Waals surface area contributed by atoms with Gasteiger partial charge in [-0.25, -0.2) is 4.68 Å². The van der Waals surface area contributed by atoms with Gasteiger partial charge in [-0.2, -0.15) is 5.10 Å². The summed E-state index contributed by atoms with van der Waals surface area (Å²) in [5, 5.41) is 8.18. The van der Waals surface area contributed by atoms with E-state index in [1.807, 2.05) is 43.3 Å². The number of ether oxygens (including phenoxy) is 2. The number of nitrogens with zero attached hydrogens (tertiary/aromatic N) is 2. The molecule has 0 unspecified atom stereocenters. The molecule has 0 saturated carbocycles. The monoisotopic (exact) mass is 429 g/mol. The zero-order valence-corrected chi connectivity index (χ0v) is 17.8. The largest absolute Gasteiger partial charge is 0.493 e. The van der Waals surface area contributed by atoms with Crippen molar-refractivity contribution in [2.45, 2.75) is 12.2 Å². The van der Waals surface area contributed by atoms with Crippen molar-refractivity contribution in [2.24, 2.45) is 0 Å². The van der Waals surface area contributed by atoms with Crippen LogP contribution in [0.15, 0.2) is 42.5 Å². The number of halogens is 1. The Kier molecular flexibility index (Phi) is 5.43. The molecule has 0 aliphatic carbocycles. The Bertz CT molecular complexity index is 1080. The summed E-state index contributed by atoms with van der Waals surface area (Å²) in [5.74, 6) is 2.20. The van der Waals surface area contributed by atoms with E-state index in [-0.39, 0.29) is 11.2 Å². The number of hydrogen-bond acceptors (Lipinski definition) is 5. The number of benzene rings is 2. The highest BCUT2D eigenvalue weighted by molar-refractivity contribution is 8.00. The summed E-state index contributed by atoms with van der Waals surface area (Å²) in [5.41, 5.74) is 3.51. The molecule has 1 aliphatic rings. The minimum Gasteiger partial charge on any atom is -0.493 e. The summed E-state index contributed by atoms with van der Waals surface area (Å²) in [6, 6.07) is 13.3. The minimum atomic E-state index is -0.0972. The van der Waals surface area contributed by atoms with Gasteiger partial charge in [0.05, 0.1) is 41.6 Å². The number of rotatable bonds is 4. The quantitative estimate of drug-likeness (QED) is 0.655. The van der Waals surface area contributed by atoms with E-state index in [9.17, 15) is 4.79 Å². The van der Waals surface area contributed by atoms with Crippen LogP contribution in [0.25, 0.3) is 5.69 Å². The molecule has 0 spiro atoms. The molecule has 1 amide bonds. The number of fused-ring (bicyclic) bond motifs is 1. The number of para-hydroxylation sites is 1. The fraction of sp³-hybridized carbons (Fsp3) is 0.238. The fourth-order valence-corrected chi connectivity index (χ4v) is 4.85. The highest BCUT2D eigenvalue weighted by Gasteiger charge is 2.31. The van der Waals surface area contributed by atoms with Crippen LogP contribution in [0.3, 0.4) is 0 Å². The maximum Gasteiger partial charge on any atom is 0.235 e. The van der Waals surface area contributed by atoms with Crippen LogP contribution in [0, 0.1) is 6.92 Å². The molecular weight excluding hydrogens is 410 g/mol. The third-order valence-electron chi connectivity index (χ3n) is 4.80. The average molecular weight is 430 g/mol. The Labute approximate surface area is 178 Å². The highest BCUT2D eigenvalue weighted by Crippen LogP contribution is 2.45. The molecule has 1 atom stereocenters. The number of methoxy groups -OCH3 is 2. The Hall–Kier alpha value is -2.64. The maximum atomic E-state index is 12.5. The maximum absolute atomic E-state index is 12.5. The standard InChI is InChI=1S/C21H20ClN3O3S/c1-12-19-20(13-8-9-16(27-2)17(10-13)28-3)29-11-18(26)23-21(19)25(24-12)15-7-5-4-6-14(15)22/h4-10,20H,11H2,1-3H3,(H,23,26)/t20-/m0/s1. The third kappa shape index (κ3) is 3.56. The van der Waals surface area contributed by atoms with E-state index in [1.54, 1.807) is 36.7 Å². The zero-order valence-electron chi connectivity index (χ0n) is 16.2. The lowest BCUT2D eigenvalue weighted by Crippen LogP contribution is -2.16. The van der Waals surface area contributed by atoms with Gasteiger partial charge in [0, 0.05) is 5.56 Å². The molecule has 3 aromatic rings. The number of amides is 1. The Morgan fingerprint density at radius 2 is 1.93 bits per heavy atom. The second kappa shape index (κ2) is 8.00. The SMILES string of the molecule is COc1ccc([C@@H]2SCC(=O)Nc3c2c(C)nn3-c2ccccc2Cl)cc1OC. The van der Waals surface area contributed by atoms with Crippen LogP contribution in [0.2, 0.25) is 5.02 Å². The topological polar surface area (TPSA) is 65.4 Å². The highest BCUT2D eigenvalue weighted by atomic mass is 35.5. The molecule has 4 rings (SSSR count). The van der Waals surface area contributed by atoms with Crippen molar-refractivity contribution in [1.82, 2.24) is 9.78 Å². The third-order valence-corrected chi connectivity index (χ3v) is 6.39. The molecule has 1 aliphatic heterocycles. The number of thioether (sulfide) groups is 1. The number of carbonyl (C=O) groups excluding carboxylic acids is 1. The number of hydrogen-bond donors (Lipinski definition) is 1. The molecule has 6 nitrogen and oxygen atoms in total. The summed E-state index contributed by atoms with van der Waals surface area (Å²) in [6.45, 7) is 1.94. The Morgan fingerprint density at radius 1 is 1.17 bits per heavy atom. The molecule has 2 aromatic carbocycles. The summed E-state index contributed by atoms with van der Waals surface area (Å²) in [4.78, 5) is 12.5. The first-order valence-corrected chi connectivity index (χ1v) is 10.4. The summed E-state index contributed by atoms with van der Waals surface area (Å²) in [7, 11) is 3.22. The van der Waals surface area contributed by atoms with Crippen molar-refractivity contribution < 1.29 is 14.3 Å². The average Bonchev–Trinajstić information content (AvgIpc) is 2.93. The molecule has 8 heteroatoms. The fourth-order valence-electron chi connectivity index (χ4n) is 3.46. The van der Waals surface area contributed by atoms with Crippen molar-refractivity contribution >= 4 is 35.1 Å². The van der Waals surface area contributed by atoms with Gasteiger partial charge in [-0.3, -0.25) is 4.79 Å². The minimum absolute atomic E-state index is 0.0765. The van der Waals surface area contributed by atoms with Crippen LogP contribution in [0.5, 0.6) is 11.5 Å². The van der Waals surface area contributed by atoms with Gasteiger partial charge in [-0.15, -0.1) is 11.8 Å². The van der Waals surface area contributed by atoms with Gasteiger partial charge in [0.15, 0.2) is 11.5 Å². The van der Waals surface area contributed by atoms with E-state index in [4.69, 9.17) is 26.2 Å². The lowest BCUT2D eigenvalue weighted by atomic mass is 10.0. The molecule has 0 bridgehead atoms. The lowest BCUT2D eigenvalue weighted by Gasteiger charge is -2.17. The first kappa shape index (κ1) is 19.7. The predicted molar refractivity (Wildman–Crippen MR) is 116 cm³/mol. The molecule has 2 heterocycles. The van der Waals surface area contributed by atoms with Crippen LogP contribution in [-0.2, 0) is 4.79 Å². The number of aryl methyl sites for hydroxylation is 1. The van der Waals surface area contributed by atoms with E-state index in [1.165, 1.54) is 0 Å². The lowest BCUT2D eigenvalue weighted by molar-refractivity contribution is -0.113. The summed E-state index contributed by atoms with van der Waals surface area (Å²) >= 11 is 7.96. The van der Waals surface area contributed by atoms with E-state index in [0.29, 0.717) is 28.1 Å². The molecule has 29 heavy (non-hydrogen) atoms. The van der Waals surface area contributed by atoms with Crippen LogP contribution in [-0.4, -0.2) is 35.7 Å². The molecule has 0 saturated heterocycles. The van der Waals surface area contributed by atoms with E-state index < -0.39 is 0 Å². The Balaban J connectivity index is 1.89. The number of nitrogens with one attached hydrogen (secondary N) is 1. The second-order valence-electron chi connectivity index (χ2n) is 6.56. The normalized spacial score (nSPS) is 16.0. The van der Waals surface area contributed by atoms with Gasteiger partial charge in [0.2, 0.25) is 5.91 Å². The van der Waals surface area contributed by atoms with Crippen molar-refractivity contribution in [3.05, 3.63) is 64.3 Å². The van der Waals surface area contributed by atoms with Crippen molar-refractivity contribution in [2.75, 3.05) is 25.3 Å². The summed E-state index contributed by atoms with van der Waals surface area (Å²) in [6.07, 6.45) is 0. The number of carbonyl (C=O) groups is 1. The van der Waals surface area contributed by atoms with Gasteiger partial charge in [0.25, 0.3) is 0 Å². The first-order chi connectivity index (χ1) is 14.0. The van der Waals surface area contributed by atoms with Crippen molar-refractivity contribution in [3.63, 3.8) is 0 Å². The Morgan fingerprint density at radius 3 is 2.66 bits per heavy atom. The number of anilines is 1. The van der Waals surface area contributed by atoms with E-state index >= 15 is 0 Å². The molecule has 0 fully saturated rings. The molecular formula is C21H20ClN3O3S. The van der Waals surface area contributed by atoms with Gasteiger partial charge < -0.3 is 14.8 Å². The first-order valence-electron chi connectivity index (χ1n) is 9.01. The van der Waals surface area contributed by atoms with Gasteiger partial charge in [0.1, 0.15) is 5.82 Å². The number of aromatic nitrogens is 2. The van der Waals surface area contributed by atoms with Crippen molar-refractivity contribution in [3.8, 4) is 17.2 Å². The molecule has 0 radical (unpaired) electrons. The van der Waals surface area contributed by atoms with Gasteiger partial charge >= 0.3 is 0 Å². The predicted octanol–water partition coefficient (Wildman–Crippen LogP) is 4.63. The second-order valence-corrected chi connectivity index (χ2v) is 8.07. The van der Waals surface area contributed by atoms with Crippen LogP contribution < -0.4 is 14.8 Å². The smallest absolute Gasteiger partial charge is 0.235 e. The molecule has 1 N–H and O–H groups in total. The van der Waals surface area contributed by atoms with Crippen molar-refractivity contribution in [1.29, 1.82) is 0 Å².